The second-order valence-electron chi connectivity index (χ2n) is 26.9. The van der Waals surface area contributed by atoms with Crippen LogP contribution in [0.1, 0.15) is 257 Å². The van der Waals surface area contributed by atoms with Gasteiger partial charge in [0.1, 0.15) is 0 Å². The van der Waals surface area contributed by atoms with E-state index in [2.05, 4.69) is 97.1 Å². The van der Waals surface area contributed by atoms with Crippen LogP contribution in [0.2, 0.25) is 0 Å². The molecule has 12 rings (SSSR count). The van der Waals surface area contributed by atoms with Gasteiger partial charge in [0.25, 0.3) is 0 Å². The Kier molecular flexibility index (Phi) is 20.9. The van der Waals surface area contributed by atoms with E-state index in [4.69, 9.17) is 0 Å². The molecule has 0 unspecified atom stereocenters. The summed E-state index contributed by atoms with van der Waals surface area (Å²) in [5.74, 6) is 0. The quantitative estimate of drug-likeness (QED) is 0.0775. The number of benzene rings is 4. The van der Waals surface area contributed by atoms with Gasteiger partial charge in [-0.1, -0.05) is 0 Å². The molecule has 0 N–H and O–H groups in total. The molecule has 8 aliphatic carbocycles. The van der Waals surface area contributed by atoms with Crippen LogP contribution in [0.25, 0.3) is 0 Å². The predicted octanol–water partition coefficient (Wildman–Crippen LogP) is 18.2. The molecule has 0 saturated heterocycles. The third-order valence-corrected chi connectivity index (χ3v) is 49.8. The Bertz CT molecular complexity index is 1940. The molecule has 5 heteroatoms. The number of hydrogen-bond donors (Lipinski definition) is 0. The van der Waals surface area contributed by atoms with E-state index in [1.165, 1.54) is 257 Å². The van der Waals surface area contributed by atoms with Crippen LogP contribution in [0.3, 0.4) is 0 Å². The zero-order valence-corrected chi connectivity index (χ0v) is 54.9. The van der Waals surface area contributed by atoms with Gasteiger partial charge < -0.3 is 0 Å². The SMILES string of the molecule is c1c[c]([Sn]([c]2ccc(P(C3CCCCC3)C3CCCCC3)cc2)([c]2ccc(P(C3CCCCC3)C3CCCCC3)cc2)[c]2ccc(P(C3CCCCC3)C3CCCCC3)cc2)ccc1P(C1CCCCC1)C1CCCCC1. The maximum absolute atomic E-state index is 4.06. The topological polar surface area (TPSA) is 0 Å². The van der Waals surface area contributed by atoms with Crippen LogP contribution in [0.15, 0.2) is 97.1 Å². The van der Waals surface area contributed by atoms with Crippen molar-refractivity contribution in [2.45, 2.75) is 302 Å². The van der Waals surface area contributed by atoms with Gasteiger partial charge in [-0.25, -0.2) is 0 Å². The summed E-state index contributed by atoms with van der Waals surface area (Å²) in [6.45, 7) is 0. The monoisotopic (exact) mass is 1210 g/mol. The second-order valence-corrected chi connectivity index (χ2v) is 48.9. The summed E-state index contributed by atoms with van der Waals surface area (Å²) in [6, 6.07) is 45.0. The molecule has 0 spiro atoms. The molecule has 8 aliphatic rings. The number of hydrogen-bond acceptors (Lipinski definition) is 0. The summed E-state index contributed by atoms with van der Waals surface area (Å²) < 4.78 is 6.90. The first kappa shape index (κ1) is 56.9. The van der Waals surface area contributed by atoms with Crippen molar-refractivity contribution in [2.75, 3.05) is 0 Å². The Morgan fingerprint density at radius 2 is 0.312 bits per heavy atom. The summed E-state index contributed by atoms with van der Waals surface area (Å²) in [5, 5.41) is 7.08. The predicted molar refractivity (Wildman–Crippen MR) is 351 cm³/mol. The molecule has 0 atom stereocenters. The zero-order chi connectivity index (χ0) is 51.6. The van der Waals surface area contributed by atoms with Gasteiger partial charge >= 0.3 is 485 Å². The molecule has 4 aromatic carbocycles. The summed E-state index contributed by atoms with van der Waals surface area (Å²) in [4.78, 5) is 0. The summed E-state index contributed by atoms with van der Waals surface area (Å²) >= 11 is -4.06. The van der Waals surface area contributed by atoms with Gasteiger partial charge in [-0.05, 0) is 0 Å². The molecule has 416 valence electrons. The Hall–Kier alpha value is -0.601. The molecule has 0 bridgehead atoms. The van der Waals surface area contributed by atoms with E-state index in [1.807, 2.05) is 0 Å². The normalized spacial score (nSPS) is 23.6. The van der Waals surface area contributed by atoms with Crippen molar-refractivity contribution >= 4 is 85.6 Å². The van der Waals surface area contributed by atoms with Gasteiger partial charge in [-0.3, -0.25) is 0 Å². The van der Waals surface area contributed by atoms with Crippen molar-refractivity contribution in [2.24, 2.45) is 0 Å². The molecule has 0 aromatic heterocycles. The van der Waals surface area contributed by atoms with Crippen LogP contribution in [-0.2, 0) is 0 Å². The molecule has 0 nitrogen and oxygen atoms in total. The van der Waals surface area contributed by atoms with Crippen molar-refractivity contribution in [3.8, 4) is 0 Å². The van der Waals surface area contributed by atoms with Crippen molar-refractivity contribution in [3.05, 3.63) is 97.1 Å². The van der Waals surface area contributed by atoms with Gasteiger partial charge in [0.2, 0.25) is 0 Å². The van der Waals surface area contributed by atoms with E-state index in [0.29, 0.717) is 0 Å². The van der Waals surface area contributed by atoms with E-state index >= 15 is 0 Å². The first-order valence-electron chi connectivity index (χ1n) is 33.8. The van der Waals surface area contributed by atoms with E-state index in [1.54, 1.807) is 35.5 Å². The van der Waals surface area contributed by atoms with Crippen LogP contribution in [0, 0.1) is 0 Å². The van der Waals surface area contributed by atoms with Crippen molar-refractivity contribution in [1.82, 2.24) is 0 Å². The van der Waals surface area contributed by atoms with Crippen molar-refractivity contribution in [1.29, 1.82) is 0 Å². The summed E-state index contributed by atoms with van der Waals surface area (Å²) in [6.07, 6.45) is 58.9. The van der Waals surface area contributed by atoms with Crippen LogP contribution >= 0.6 is 31.7 Å². The molecule has 0 heterocycles. The standard InChI is InChI=1S/4C18H26P.Sn/c4*1-4-10-16(11-5-1)19(17-12-6-2-7-13-17)18-14-8-3-9-15-18;/h4*8-9,14-17H,1-2,4-7,10-13H2;. The molecule has 0 amide bonds. The average molecular weight is 1210 g/mol. The van der Waals surface area contributed by atoms with E-state index in [9.17, 15) is 0 Å². The number of rotatable bonds is 16. The van der Waals surface area contributed by atoms with Gasteiger partial charge in [0.15, 0.2) is 0 Å². The Morgan fingerprint density at radius 3 is 0.442 bits per heavy atom. The molecule has 4 aromatic rings. The molecule has 77 heavy (non-hydrogen) atoms. The minimum absolute atomic E-state index is 0.148. The molecule has 0 aliphatic heterocycles. The Balaban J connectivity index is 1.02. The third-order valence-electron chi connectivity index (χ3n) is 22.1. The molecule has 8 saturated carbocycles. The minimum atomic E-state index is -4.06. The third kappa shape index (κ3) is 13.2. The fraction of sp³-hybridized carbons (Fsp3) is 0.667. The van der Waals surface area contributed by atoms with Gasteiger partial charge in [-0.15, -0.1) is 0 Å². The van der Waals surface area contributed by atoms with Crippen LogP contribution in [0.5, 0.6) is 0 Å². The molecule has 8 fully saturated rings. The average Bonchev–Trinajstić information content (AvgIpc) is 3.52. The van der Waals surface area contributed by atoms with E-state index < -0.39 is 18.4 Å². The first-order chi connectivity index (χ1) is 38.2. The van der Waals surface area contributed by atoms with E-state index in [-0.39, 0.29) is 31.7 Å². The molecular weight excluding hydrogens is 1110 g/mol. The summed E-state index contributed by atoms with van der Waals surface area (Å²) in [5.41, 5.74) is 7.47. The Morgan fingerprint density at radius 1 is 0.182 bits per heavy atom. The fourth-order valence-electron chi connectivity index (χ4n) is 18.3. The van der Waals surface area contributed by atoms with Gasteiger partial charge in [0, 0.05) is 0 Å². The molecular formula is C72H104P4Sn. The maximum atomic E-state index is 2.83. The van der Waals surface area contributed by atoms with Crippen LogP contribution < -0.4 is 35.5 Å². The Labute approximate surface area is 481 Å². The van der Waals surface area contributed by atoms with Crippen molar-refractivity contribution < 1.29 is 0 Å². The van der Waals surface area contributed by atoms with Gasteiger partial charge in [0.05, 0.1) is 0 Å². The van der Waals surface area contributed by atoms with Gasteiger partial charge in [-0.2, -0.15) is 0 Å². The zero-order valence-electron chi connectivity index (χ0n) is 48.4. The van der Waals surface area contributed by atoms with Crippen molar-refractivity contribution in [3.63, 3.8) is 0 Å². The summed E-state index contributed by atoms with van der Waals surface area (Å²) in [7, 11) is -0.593. The second kappa shape index (κ2) is 28.3. The molecule has 0 radical (unpaired) electrons. The van der Waals surface area contributed by atoms with Crippen LogP contribution in [-0.4, -0.2) is 63.6 Å². The van der Waals surface area contributed by atoms with Crippen LogP contribution in [0.4, 0.5) is 0 Å². The van der Waals surface area contributed by atoms with E-state index in [0.717, 1.165) is 45.3 Å². The first-order valence-corrected chi connectivity index (χ1v) is 45.4. The fourth-order valence-corrected chi connectivity index (χ4v) is 46.7.